The van der Waals surface area contributed by atoms with Crippen molar-refractivity contribution in [2.24, 2.45) is 0 Å². The number of hydrogen-bond donors (Lipinski definition) is 2. The predicted octanol–water partition coefficient (Wildman–Crippen LogP) is 3.30. The van der Waals surface area contributed by atoms with Crippen molar-refractivity contribution in [2.45, 2.75) is 33.1 Å². The molecular weight excluding hydrogens is 286 g/mol. The lowest BCUT2D eigenvalue weighted by atomic mass is 10.1. The number of hydrogen-bond acceptors (Lipinski definition) is 5. The minimum atomic E-state index is 0.553. The van der Waals surface area contributed by atoms with Gasteiger partial charge in [-0.15, -0.1) is 0 Å². The molecule has 0 aliphatic carbocycles. The lowest BCUT2D eigenvalue weighted by molar-refractivity contribution is 0.394. The summed E-state index contributed by atoms with van der Waals surface area (Å²) in [6, 6.07) is 6.18. The Balaban J connectivity index is 2.02. The van der Waals surface area contributed by atoms with Crippen molar-refractivity contribution in [3.05, 3.63) is 41.1 Å². The molecule has 0 saturated heterocycles. The van der Waals surface area contributed by atoms with Crippen LogP contribution in [0.3, 0.4) is 0 Å². The van der Waals surface area contributed by atoms with Crippen LogP contribution in [0.25, 0.3) is 0 Å². The highest BCUT2D eigenvalue weighted by atomic mass is 15.1. The molecule has 5 heteroatoms. The van der Waals surface area contributed by atoms with Crippen LogP contribution in [0.5, 0.6) is 0 Å². The Bertz CT molecular complexity index is 632. The summed E-state index contributed by atoms with van der Waals surface area (Å²) in [6.45, 7) is 5.22. The molecule has 1 aromatic heterocycles. The maximum Gasteiger partial charge on any atom is 0.229 e. The first-order valence-corrected chi connectivity index (χ1v) is 8.06. The van der Waals surface area contributed by atoms with E-state index >= 15 is 0 Å². The summed E-state index contributed by atoms with van der Waals surface area (Å²) in [5.41, 5.74) is 10.5. The molecule has 1 heterocycles. The third kappa shape index (κ3) is 4.93. The van der Waals surface area contributed by atoms with E-state index in [0.29, 0.717) is 11.8 Å². The van der Waals surface area contributed by atoms with E-state index in [2.05, 4.69) is 60.3 Å². The van der Waals surface area contributed by atoms with E-state index in [9.17, 15) is 0 Å². The van der Waals surface area contributed by atoms with Crippen LogP contribution in [-0.4, -0.2) is 35.5 Å². The number of unbranched alkanes of at least 4 members (excludes halogenated alkanes) is 1. The normalized spacial score (nSPS) is 11.0. The second-order valence-corrected chi connectivity index (χ2v) is 6.26. The Morgan fingerprint density at radius 3 is 2.43 bits per heavy atom. The van der Waals surface area contributed by atoms with Crippen molar-refractivity contribution >= 4 is 17.5 Å². The minimum absolute atomic E-state index is 0.553. The van der Waals surface area contributed by atoms with Gasteiger partial charge in [0.25, 0.3) is 0 Å². The lowest BCUT2D eigenvalue weighted by Crippen LogP contribution is -2.13. The van der Waals surface area contributed by atoms with Gasteiger partial charge >= 0.3 is 0 Å². The number of anilines is 3. The van der Waals surface area contributed by atoms with Crippen LogP contribution in [0.1, 0.15) is 29.5 Å². The number of aromatic nitrogens is 2. The monoisotopic (exact) mass is 313 g/mol. The second-order valence-electron chi connectivity index (χ2n) is 6.26. The van der Waals surface area contributed by atoms with Gasteiger partial charge in [-0.25, -0.2) is 4.98 Å². The van der Waals surface area contributed by atoms with Crippen LogP contribution >= 0.6 is 0 Å². The van der Waals surface area contributed by atoms with E-state index < -0.39 is 0 Å². The second kappa shape index (κ2) is 7.92. The number of rotatable bonds is 7. The quantitative estimate of drug-likeness (QED) is 0.768. The summed E-state index contributed by atoms with van der Waals surface area (Å²) in [5.74, 6) is 1.12. The van der Waals surface area contributed by atoms with E-state index in [0.717, 1.165) is 37.1 Å². The summed E-state index contributed by atoms with van der Waals surface area (Å²) in [6.07, 6.45) is 5.00. The molecule has 0 aliphatic heterocycles. The van der Waals surface area contributed by atoms with Crippen LogP contribution in [0.4, 0.5) is 17.5 Å². The molecule has 0 unspecified atom stereocenters. The topological polar surface area (TPSA) is 67.1 Å². The van der Waals surface area contributed by atoms with Crippen LogP contribution in [0.15, 0.2) is 24.4 Å². The van der Waals surface area contributed by atoms with Crippen molar-refractivity contribution in [3.63, 3.8) is 0 Å². The molecule has 2 rings (SSSR count). The third-order valence-electron chi connectivity index (χ3n) is 3.92. The number of nitrogens with two attached hydrogens (primary N) is 1. The molecule has 0 aliphatic rings. The van der Waals surface area contributed by atoms with Crippen molar-refractivity contribution < 1.29 is 0 Å². The SMILES string of the molecule is Cc1cccc(C)c1Nc1ncc(CCCCN(C)C)c(N)n1. The molecule has 0 radical (unpaired) electrons. The molecule has 124 valence electrons. The summed E-state index contributed by atoms with van der Waals surface area (Å²) in [4.78, 5) is 11.0. The van der Waals surface area contributed by atoms with E-state index in [-0.39, 0.29) is 0 Å². The number of nitrogens with one attached hydrogen (secondary N) is 1. The molecule has 1 aromatic carbocycles. The largest absolute Gasteiger partial charge is 0.383 e. The van der Waals surface area contributed by atoms with Crippen molar-refractivity contribution in [1.82, 2.24) is 14.9 Å². The van der Waals surface area contributed by atoms with E-state index in [1.165, 1.54) is 11.1 Å². The fraction of sp³-hybridized carbons (Fsp3) is 0.444. The van der Waals surface area contributed by atoms with Gasteiger partial charge in [-0.2, -0.15) is 4.98 Å². The number of aryl methyl sites for hydroxylation is 3. The Morgan fingerprint density at radius 2 is 1.83 bits per heavy atom. The van der Waals surface area contributed by atoms with Gasteiger partial charge in [-0.3, -0.25) is 0 Å². The fourth-order valence-electron chi connectivity index (χ4n) is 2.54. The lowest BCUT2D eigenvalue weighted by Gasteiger charge is -2.13. The van der Waals surface area contributed by atoms with Gasteiger partial charge in [0.2, 0.25) is 5.95 Å². The molecule has 0 spiro atoms. The van der Waals surface area contributed by atoms with Gasteiger partial charge in [0, 0.05) is 17.4 Å². The van der Waals surface area contributed by atoms with Crippen molar-refractivity contribution in [3.8, 4) is 0 Å². The summed E-state index contributed by atoms with van der Waals surface area (Å²) in [5, 5.41) is 3.28. The standard InChI is InChI=1S/C18H27N5/c1-13-8-7-9-14(2)16(13)21-18-20-12-15(17(19)22-18)10-5-6-11-23(3)4/h7-9,12H,5-6,10-11H2,1-4H3,(H3,19,20,21,22). The van der Waals surface area contributed by atoms with Crippen molar-refractivity contribution in [2.75, 3.05) is 31.7 Å². The Kier molecular flexibility index (Phi) is 5.93. The van der Waals surface area contributed by atoms with Gasteiger partial charge in [-0.1, -0.05) is 18.2 Å². The predicted molar refractivity (Wildman–Crippen MR) is 97.1 cm³/mol. The first-order valence-electron chi connectivity index (χ1n) is 8.06. The molecular formula is C18H27N5. The minimum Gasteiger partial charge on any atom is -0.383 e. The summed E-state index contributed by atoms with van der Waals surface area (Å²) < 4.78 is 0. The first kappa shape index (κ1) is 17.2. The molecule has 0 amide bonds. The van der Waals surface area contributed by atoms with Crippen LogP contribution in [-0.2, 0) is 6.42 Å². The molecule has 3 N–H and O–H groups in total. The average Bonchev–Trinajstić information content (AvgIpc) is 2.49. The molecule has 23 heavy (non-hydrogen) atoms. The summed E-state index contributed by atoms with van der Waals surface area (Å²) in [7, 11) is 4.18. The maximum atomic E-state index is 6.09. The highest BCUT2D eigenvalue weighted by molar-refractivity contribution is 5.63. The number of para-hydroxylation sites is 1. The zero-order valence-corrected chi connectivity index (χ0v) is 14.6. The molecule has 0 atom stereocenters. The van der Waals surface area contributed by atoms with Crippen LogP contribution < -0.4 is 11.1 Å². The molecule has 0 bridgehead atoms. The molecule has 0 fully saturated rings. The highest BCUT2D eigenvalue weighted by Crippen LogP contribution is 2.23. The third-order valence-corrected chi connectivity index (χ3v) is 3.92. The average molecular weight is 313 g/mol. The smallest absolute Gasteiger partial charge is 0.229 e. The summed E-state index contributed by atoms with van der Waals surface area (Å²) >= 11 is 0. The number of nitrogens with zero attached hydrogens (tertiary/aromatic N) is 3. The van der Waals surface area contributed by atoms with E-state index in [4.69, 9.17) is 5.73 Å². The van der Waals surface area contributed by atoms with Gasteiger partial charge in [0.05, 0.1) is 0 Å². The number of benzene rings is 1. The van der Waals surface area contributed by atoms with Crippen LogP contribution in [0, 0.1) is 13.8 Å². The van der Waals surface area contributed by atoms with Gasteiger partial charge < -0.3 is 16.0 Å². The zero-order chi connectivity index (χ0) is 16.8. The Hall–Kier alpha value is -2.14. The molecule has 5 nitrogen and oxygen atoms in total. The first-order chi connectivity index (χ1) is 11.0. The van der Waals surface area contributed by atoms with Gasteiger partial charge in [0.1, 0.15) is 5.82 Å². The van der Waals surface area contributed by atoms with E-state index in [1.54, 1.807) is 0 Å². The van der Waals surface area contributed by atoms with Gasteiger partial charge in [0.15, 0.2) is 0 Å². The number of nitrogen functional groups attached to an aromatic ring is 1. The Labute approximate surface area is 138 Å². The van der Waals surface area contributed by atoms with E-state index in [1.807, 2.05) is 12.3 Å². The maximum absolute atomic E-state index is 6.09. The molecule has 2 aromatic rings. The van der Waals surface area contributed by atoms with Crippen molar-refractivity contribution in [1.29, 1.82) is 0 Å². The Morgan fingerprint density at radius 1 is 1.13 bits per heavy atom. The fourth-order valence-corrected chi connectivity index (χ4v) is 2.54. The van der Waals surface area contributed by atoms with Gasteiger partial charge in [-0.05, 0) is 64.9 Å². The highest BCUT2D eigenvalue weighted by Gasteiger charge is 2.07. The molecule has 0 saturated carbocycles. The van der Waals surface area contributed by atoms with Crippen LogP contribution in [0.2, 0.25) is 0 Å². The zero-order valence-electron chi connectivity index (χ0n) is 14.6.